The Morgan fingerprint density at radius 3 is 2.50 bits per heavy atom. The fraction of sp³-hybridized carbons (Fsp3) is 0.739. The minimum absolute atomic E-state index is 0.0747. The lowest BCUT2D eigenvalue weighted by Gasteiger charge is -2.37. The number of piperidine rings is 1. The first-order chi connectivity index (χ1) is 14.5. The summed E-state index contributed by atoms with van der Waals surface area (Å²) < 4.78 is 0. The predicted octanol–water partition coefficient (Wildman–Crippen LogP) is 2.94. The zero-order valence-electron chi connectivity index (χ0n) is 18.3. The highest BCUT2D eigenvalue weighted by molar-refractivity contribution is 5.79. The maximum atomic E-state index is 12.9. The molecule has 1 aromatic rings. The van der Waals surface area contributed by atoms with Gasteiger partial charge in [-0.25, -0.2) is 4.98 Å². The van der Waals surface area contributed by atoms with Crippen LogP contribution in [0.2, 0.25) is 0 Å². The number of rotatable bonds is 3. The number of hydrogen-bond acceptors (Lipinski definition) is 4. The molecule has 1 aromatic heterocycles. The second kappa shape index (κ2) is 8.90. The normalized spacial score (nSPS) is 22.8. The summed E-state index contributed by atoms with van der Waals surface area (Å²) in [6.45, 7) is 5.51. The Morgan fingerprint density at radius 1 is 1.03 bits per heavy atom. The number of H-pyrrole nitrogens is 1. The summed E-state index contributed by atoms with van der Waals surface area (Å²) in [6, 6.07) is -0.159. The number of likely N-dealkylation sites (tertiary alicyclic amines) is 1. The topological polar surface area (TPSA) is 86.4 Å². The summed E-state index contributed by atoms with van der Waals surface area (Å²) >= 11 is 0. The first-order valence-corrected chi connectivity index (χ1v) is 11.7. The van der Waals surface area contributed by atoms with Crippen LogP contribution in [0.25, 0.3) is 0 Å². The number of hydrogen-bond donors (Lipinski definition) is 1. The third kappa shape index (κ3) is 4.16. The van der Waals surface area contributed by atoms with E-state index in [1.54, 1.807) is 0 Å². The van der Waals surface area contributed by atoms with E-state index in [2.05, 4.69) is 4.98 Å². The summed E-state index contributed by atoms with van der Waals surface area (Å²) in [5, 5.41) is 0. The molecule has 1 saturated heterocycles. The lowest BCUT2D eigenvalue weighted by molar-refractivity contribution is -0.139. The minimum atomic E-state index is -0.159. The number of fused-ring (bicyclic) bond motifs is 1. The Bertz CT molecular complexity index is 856. The molecule has 2 amide bonds. The molecule has 0 radical (unpaired) electrons. The number of nitrogens with one attached hydrogen (secondary N) is 1. The van der Waals surface area contributed by atoms with Crippen molar-refractivity contribution in [3.05, 3.63) is 27.4 Å². The molecule has 0 bridgehead atoms. The van der Waals surface area contributed by atoms with Crippen LogP contribution in [0.4, 0.5) is 0 Å². The number of aromatic amines is 1. The summed E-state index contributed by atoms with van der Waals surface area (Å²) in [4.78, 5) is 50.1. The molecule has 0 unspecified atom stereocenters. The zero-order chi connectivity index (χ0) is 21.3. The van der Waals surface area contributed by atoms with Crippen molar-refractivity contribution in [3.63, 3.8) is 0 Å². The Hall–Kier alpha value is -2.18. The van der Waals surface area contributed by atoms with Crippen molar-refractivity contribution in [2.24, 2.45) is 11.8 Å². The van der Waals surface area contributed by atoms with Gasteiger partial charge < -0.3 is 14.8 Å². The zero-order valence-corrected chi connectivity index (χ0v) is 18.3. The summed E-state index contributed by atoms with van der Waals surface area (Å²) in [5.41, 5.74) is 1.26. The molecule has 0 spiro atoms. The SMILES string of the molecule is CC(C)C(=O)N1CCCC[C@H]1c1nc2c(c(=O)[nH]1)CN(C(=O)C1CCCCC1)CC2. The number of nitrogens with zero attached hydrogens (tertiary/aromatic N) is 3. The highest BCUT2D eigenvalue weighted by Crippen LogP contribution is 2.31. The van der Waals surface area contributed by atoms with Crippen LogP contribution in [0, 0.1) is 11.8 Å². The Kier molecular flexibility index (Phi) is 6.25. The van der Waals surface area contributed by atoms with E-state index >= 15 is 0 Å². The molecule has 0 aromatic carbocycles. The Labute approximate surface area is 178 Å². The monoisotopic (exact) mass is 414 g/mol. The molecule has 164 valence electrons. The maximum Gasteiger partial charge on any atom is 0.256 e. The van der Waals surface area contributed by atoms with Gasteiger partial charge in [0, 0.05) is 31.3 Å². The van der Waals surface area contributed by atoms with Crippen molar-refractivity contribution in [2.75, 3.05) is 13.1 Å². The molecule has 1 atom stereocenters. The summed E-state index contributed by atoms with van der Waals surface area (Å²) in [5.74, 6) is 0.965. The van der Waals surface area contributed by atoms with Crippen molar-refractivity contribution < 1.29 is 9.59 Å². The largest absolute Gasteiger partial charge is 0.337 e. The second-order valence-electron chi connectivity index (χ2n) is 9.42. The van der Waals surface area contributed by atoms with E-state index in [1.807, 2.05) is 23.6 Å². The van der Waals surface area contributed by atoms with Crippen LogP contribution in [0.15, 0.2) is 4.79 Å². The van der Waals surface area contributed by atoms with Gasteiger partial charge in [0.2, 0.25) is 11.8 Å². The van der Waals surface area contributed by atoms with Crippen LogP contribution in [0.5, 0.6) is 0 Å². The van der Waals surface area contributed by atoms with Crippen molar-refractivity contribution >= 4 is 11.8 Å². The standard InChI is InChI=1S/C23H34N4O3/c1-15(2)22(29)27-12-7-6-10-19(27)20-24-18-11-13-26(14-17(18)21(28)25-20)23(30)16-8-4-3-5-9-16/h15-16,19H,3-14H2,1-2H3,(H,24,25,28)/t19-/m0/s1. The molecule has 4 rings (SSSR count). The molecule has 1 saturated carbocycles. The Balaban J connectivity index is 1.54. The van der Waals surface area contributed by atoms with Gasteiger partial charge in [-0.15, -0.1) is 0 Å². The van der Waals surface area contributed by atoms with E-state index in [1.165, 1.54) is 6.42 Å². The molecule has 1 aliphatic carbocycles. The first kappa shape index (κ1) is 21.1. The average molecular weight is 415 g/mol. The van der Waals surface area contributed by atoms with Gasteiger partial charge in [-0.2, -0.15) is 0 Å². The van der Waals surface area contributed by atoms with E-state index in [9.17, 15) is 14.4 Å². The lowest BCUT2D eigenvalue weighted by atomic mass is 9.88. The fourth-order valence-corrected chi connectivity index (χ4v) is 5.21. The lowest BCUT2D eigenvalue weighted by Crippen LogP contribution is -2.44. The number of carbonyl (C=O) groups is 2. The molecule has 30 heavy (non-hydrogen) atoms. The highest BCUT2D eigenvalue weighted by Gasteiger charge is 2.34. The number of carbonyl (C=O) groups excluding carboxylic acids is 2. The van der Waals surface area contributed by atoms with Gasteiger partial charge in [0.05, 0.1) is 23.8 Å². The molecule has 3 heterocycles. The summed E-state index contributed by atoms with van der Waals surface area (Å²) in [7, 11) is 0. The van der Waals surface area contributed by atoms with Crippen molar-refractivity contribution in [1.29, 1.82) is 0 Å². The third-order valence-corrected chi connectivity index (χ3v) is 6.95. The van der Waals surface area contributed by atoms with Crippen molar-refractivity contribution in [1.82, 2.24) is 19.8 Å². The van der Waals surface area contributed by atoms with E-state index in [4.69, 9.17) is 4.98 Å². The van der Waals surface area contributed by atoms with Crippen LogP contribution in [-0.4, -0.2) is 44.7 Å². The van der Waals surface area contributed by atoms with E-state index < -0.39 is 0 Å². The molecule has 1 N–H and O–H groups in total. The van der Waals surface area contributed by atoms with Gasteiger partial charge >= 0.3 is 0 Å². The molecule has 3 aliphatic rings. The van der Waals surface area contributed by atoms with Gasteiger partial charge in [-0.3, -0.25) is 14.4 Å². The van der Waals surface area contributed by atoms with Crippen LogP contribution in [0.3, 0.4) is 0 Å². The van der Waals surface area contributed by atoms with Gasteiger partial charge in [-0.1, -0.05) is 33.1 Å². The quantitative estimate of drug-likeness (QED) is 0.824. The van der Waals surface area contributed by atoms with Crippen molar-refractivity contribution in [3.8, 4) is 0 Å². The van der Waals surface area contributed by atoms with Crippen LogP contribution in [-0.2, 0) is 22.6 Å². The van der Waals surface area contributed by atoms with Gasteiger partial charge in [-0.05, 0) is 32.1 Å². The van der Waals surface area contributed by atoms with Crippen LogP contribution < -0.4 is 5.56 Å². The first-order valence-electron chi connectivity index (χ1n) is 11.7. The van der Waals surface area contributed by atoms with Crippen LogP contribution in [0.1, 0.15) is 88.3 Å². The summed E-state index contributed by atoms with van der Waals surface area (Å²) in [6.07, 6.45) is 8.85. The smallest absolute Gasteiger partial charge is 0.256 e. The van der Waals surface area contributed by atoms with Gasteiger partial charge in [0.25, 0.3) is 5.56 Å². The highest BCUT2D eigenvalue weighted by atomic mass is 16.2. The van der Waals surface area contributed by atoms with Crippen LogP contribution >= 0.6 is 0 Å². The number of amides is 2. The predicted molar refractivity (Wildman–Crippen MR) is 114 cm³/mol. The number of aromatic nitrogens is 2. The Morgan fingerprint density at radius 2 is 1.77 bits per heavy atom. The van der Waals surface area contributed by atoms with E-state index in [-0.39, 0.29) is 35.3 Å². The second-order valence-corrected chi connectivity index (χ2v) is 9.42. The molecular formula is C23H34N4O3. The third-order valence-electron chi connectivity index (χ3n) is 6.95. The van der Waals surface area contributed by atoms with Gasteiger partial charge in [0.1, 0.15) is 5.82 Å². The van der Waals surface area contributed by atoms with Gasteiger partial charge in [0.15, 0.2) is 0 Å². The van der Waals surface area contributed by atoms with E-state index in [0.717, 1.165) is 50.6 Å². The molecule has 7 nitrogen and oxygen atoms in total. The molecular weight excluding hydrogens is 380 g/mol. The molecule has 7 heteroatoms. The molecule has 2 fully saturated rings. The minimum Gasteiger partial charge on any atom is -0.337 e. The van der Waals surface area contributed by atoms with E-state index in [0.29, 0.717) is 37.4 Å². The molecule has 2 aliphatic heterocycles. The average Bonchev–Trinajstić information content (AvgIpc) is 2.78. The maximum absolute atomic E-state index is 12.9. The van der Waals surface area contributed by atoms with Crippen molar-refractivity contribution in [2.45, 2.75) is 84.2 Å². The fourth-order valence-electron chi connectivity index (χ4n) is 5.21.